The first-order chi connectivity index (χ1) is 18.0. The molecule has 0 aromatic heterocycles. The lowest BCUT2D eigenvalue weighted by Crippen LogP contribution is -2.51. The number of carbonyl (C=O) groups is 1. The Morgan fingerprint density at radius 1 is 0.947 bits per heavy atom. The van der Waals surface area contributed by atoms with Crippen LogP contribution < -0.4 is 23.8 Å². The van der Waals surface area contributed by atoms with E-state index in [-0.39, 0.29) is 22.9 Å². The van der Waals surface area contributed by atoms with E-state index in [0.717, 1.165) is 11.1 Å². The summed E-state index contributed by atoms with van der Waals surface area (Å²) in [6.45, 7) is 8.84. The molecule has 9 heteroatoms. The molecule has 1 N–H and O–H groups in total. The van der Waals surface area contributed by atoms with Gasteiger partial charge in [0.05, 0.1) is 23.2 Å². The molecule has 2 heterocycles. The van der Waals surface area contributed by atoms with Crippen molar-refractivity contribution in [3.8, 4) is 17.2 Å². The summed E-state index contributed by atoms with van der Waals surface area (Å²) in [7, 11) is -3.95. The highest BCUT2D eigenvalue weighted by atomic mass is 32.2. The molecule has 2 aliphatic heterocycles. The van der Waals surface area contributed by atoms with Crippen LogP contribution in [0, 0.1) is 0 Å². The predicted molar refractivity (Wildman–Crippen MR) is 145 cm³/mol. The number of nitrogens with one attached hydrogen (secondary N) is 1. The van der Waals surface area contributed by atoms with Gasteiger partial charge in [-0.25, -0.2) is 8.42 Å². The Morgan fingerprint density at radius 3 is 2.34 bits per heavy atom. The van der Waals surface area contributed by atoms with E-state index < -0.39 is 22.0 Å². The number of hydrogen-bond acceptors (Lipinski definition) is 6. The van der Waals surface area contributed by atoms with Crippen LogP contribution in [0.25, 0.3) is 0 Å². The zero-order valence-corrected chi connectivity index (χ0v) is 22.7. The van der Waals surface area contributed by atoms with Crippen molar-refractivity contribution in [2.75, 3.05) is 24.1 Å². The number of anilines is 1. The van der Waals surface area contributed by atoms with Gasteiger partial charge in [0.25, 0.3) is 15.9 Å². The second-order valence-corrected chi connectivity index (χ2v) is 12.4. The first-order valence-corrected chi connectivity index (χ1v) is 14.1. The standard InChI is InChI=1S/C29H32N2O6S/c1-19(20-10-12-25-26(16-20)36-15-14-35-25)30-28(32)27-18-31(38(33,34)22-8-6-5-7-9-22)23-17-21(29(2,3)4)11-13-24(23)37-27/h5-13,16-17,19,27H,14-15,18H2,1-4H3,(H,30,32)/t19-,27-/m0/s1. The molecule has 5 rings (SSSR count). The normalized spacial score (nSPS) is 17.7. The highest BCUT2D eigenvalue weighted by Gasteiger charge is 2.38. The van der Waals surface area contributed by atoms with Crippen molar-refractivity contribution in [3.05, 3.63) is 77.9 Å². The SMILES string of the molecule is C[C@H](NC(=O)[C@@H]1CN(S(=O)(=O)c2ccccc2)c2cc(C(C)(C)C)ccc2O1)c1ccc2c(c1)OCCO2. The Morgan fingerprint density at radius 2 is 1.63 bits per heavy atom. The molecular formula is C29H32N2O6S. The summed E-state index contributed by atoms with van der Waals surface area (Å²) in [5.41, 5.74) is 2.01. The van der Waals surface area contributed by atoms with Gasteiger partial charge in [0.15, 0.2) is 17.6 Å². The zero-order chi connectivity index (χ0) is 27.1. The van der Waals surface area contributed by atoms with Crippen LogP contribution in [0.1, 0.15) is 44.9 Å². The van der Waals surface area contributed by atoms with Crippen molar-refractivity contribution in [2.24, 2.45) is 0 Å². The smallest absolute Gasteiger partial charge is 0.264 e. The number of rotatable bonds is 5. The van der Waals surface area contributed by atoms with E-state index in [2.05, 4.69) is 26.1 Å². The van der Waals surface area contributed by atoms with Crippen LogP contribution in [0.5, 0.6) is 17.2 Å². The van der Waals surface area contributed by atoms with Crippen molar-refractivity contribution in [1.82, 2.24) is 5.32 Å². The monoisotopic (exact) mass is 536 g/mol. The molecule has 0 bridgehead atoms. The number of ether oxygens (including phenoxy) is 3. The Labute approximate surface area is 223 Å². The van der Waals surface area contributed by atoms with Crippen LogP contribution in [0.15, 0.2) is 71.6 Å². The lowest BCUT2D eigenvalue weighted by Gasteiger charge is -2.36. The largest absolute Gasteiger partial charge is 0.486 e. The van der Waals surface area contributed by atoms with Crippen molar-refractivity contribution in [2.45, 2.75) is 50.2 Å². The zero-order valence-electron chi connectivity index (χ0n) is 21.9. The third-order valence-corrected chi connectivity index (χ3v) is 8.54. The summed E-state index contributed by atoms with van der Waals surface area (Å²) in [5.74, 6) is 1.23. The van der Waals surface area contributed by atoms with Crippen molar-refractivity contribution < 1.29 is 27.4 Å². The summed E-state index contributed by atoms with van der Waals surface area (Å²) in [6, 6.07) is 18.9. The van der Waals surface area contributed by atoms with Gasteiger partial charge in [-0.15, -0.1) is 0 Å². The lowest BCUT2D eigenvalue weighted by atomic mass is 9.86. The van der Waals surface area contributed by atoms with Gasteiger partial charge in [0, 0.05) is 0 Å². The fourth-order valence-corrected chi connectivity index (χ4v) is 6.01. The third kappa shape index (κ3) is 5.03. The van der Waals surface area contributed by atoms with Gasteiger partial charge in [0.2, 0.25) is 0 Å². The van der Waals surface area contributed by atoms with Crippen LogP contribution in [-0.2, 0) is 20.2 Å². The van der Waals surface area contributed by atoms with Crippen LogP contribution in [-0.4, -0.2) is 40.2 Å². The second kappa shape index (κ2) is 9.87. The Balaban J connectivity index is 1.44. The molecule has 2 atom stereocenters. The Hall–Kier alpha value is -3.72. The number of sulfonamides is 1. The van der Waals surface area contributed by atoms with E-state index in [4.69, 9.17) is 14.2 Å². The number of nitrogens with zero attached hydrogens (tertiary/aromatic N) is 1. The van der Waals surface area contributed by atoms with Gasteiger partial charge in [-0.2, -0.15) is 0 Å². The minimum atomic E-state index is -3.95. The number of carbonyl (C=O) groups excluding carboxylic acids is 1. The van der Waals surface area contributed by atoms with E-state index in [1.165, 1.54) is 4.31 Å². The molecule has 1 amide bonds. The molecule has 0 saturated heterocycles. The van der Waals surface area contributed by atoms with E-state index in [0.29, 0.717) is 36.1 Å². The van der Waals surface area contributed by atoms with Crippen molar-refractivity contribution in [1.29, 1.82) is 0 Å². The molecule has 0 saturated carbocycles. The molecule has 0 aliphatic carbocycles. The quantitative estimate of drug-likeness (QED) is 0.513. The predicted octanol–water partition coefficient (Wildman–Crippen LogP) is 4.59. The van der Waals surface area contributed by atoms with Crippen molar-refractivity contribution in [3.63, 3.8) is 0 Å². The van der Waals surface area contributed by atoms with Crippen molar-refractivity contribution >= 4 is 21.6 Å². The van der Waals surface area contributed by atoms with Gasteiger partial charge in [-0.3, -0.25) is 9.10 Å². The van der Waals surface area contributed by atoms with E-state index in [1.807, 2.05) is 37.3 Å². The number of benzene rings is 3. The van der Waals surface area contributed by atoms with Crippen LogP contribution in [0.3, 0.4) is 0 Å². The molecule has 200 valence electrons. The molecule has 3 aromatic rings. The minimum absolute atomic E-state index is 0.151. The Kier molecular flexibility index (Phi) is 6.73. The molecule has 0 unspecified atom stereocenters. The maximum Gasteiger partial charge on any atom is 0.264 e. The fourth-order valence-electron chi connectivity index (χ4n) is 4.52. The average molecular weight is 537 g/mol. The summed E-state index contributed by atoms with van der Waals surface area (Å²) in [5, 5.41) is 2.97. The summed E-state index contributed by atoms with van der Waals surface area (Å²) >= 11 is 0. The summed E-state index contributed by atoms with van der Waals surface area (Å²) < 4.78 is 46.2. The van der Waals surface area contributed by atoms with Crippen LogP contribution >= 0.6 is 0 Å². The highest BCUT2D eigenvalue weighted by Crippen LogP contribution is 2.40. The number of amides is 1. The fraction of sp³-hybridized carbons (Fsp3) is 0.345. The molecule has 8 nitrogen and oxygen atoms in total. The van der Waals surface area contributed by atoms with Crippen LogP contribution in [0.4, 0.5) is 5.69 Å². The number of fused-ring (bicyclic) bond motifs is 2. The van der Waals surface area contributed by atoms with Gasteiger partial charge < -0.3 is 19.5 Å². The molecule has 0 spiro atoms. The first kappa shape index (κ1) is 25.9. The van der Waals surface area contributed by atoms with E-state index in [1.54, 1.807) is 36.4 Å². The topological polar surface area (TPSA) is 94.2 Å². The maximum absolute atomic E-state index is 13.8. The summed E-state index contributed by atoms with van der Waals surface area (Å²) in [4.78, 5) is 13.6. The van der Waals surface area contributed by atoms with Gasteiger partial charge in [0.1, 0.15) is 19.0 Å². The maximum atomic E-state index is 13.8. The summed E-state index contributed by atoms with van der Waals surface area (Å²) in [6.07, 6.45) is -1.04. The molecule has 3 aromatic carbocycles. The molecule has 0 fully saturated rings. The minimum Gasteiger partial charge on any atom is -0.486 e. The second-order valence-electron chi connectivity index (χ2n) is 10.5. The molecule has 38 heavy (non-hydrogen) atoms. The van der Waals surface area contributed by atoms with Gasteiger partial charge >= 0.3 is 0 Å². The lowest BCUT2D eigenvalue weighted by molar-refractivity contribution is -0.128. The highest BCUT2D eigenvalue weighted by molar-refractivity contribution is 7.92. The number of hydrogen-bond donors (Lipinski definition) is 1. The van der Waals surface area contributed by atoms with E-state index in [9.17, 15) is 13.2 Å². The molecule has 2 aliphatic rings. The Bertz CT molecular complexity index is 1450. The molecule has 0 radical (unpaired) electrons. The first-order valence-electron chi connectivity index (χ1n) is 12.6. The molecular weight excluding hydrogens is 504 g/mol. The van der Waals surface area contributed by atoms with Gasteiger partial charge in [-0.1, -0.05) is 51.1 Å². The van der Waals surface area contributed by atoms with Crippen LogP contribution in [0.2, 0.25) is 0 Å². The van der Waals surface area contributed by atoms with E-state index >= 15 is 0 Å². The third-order valence-electron chi connectivity index (χ3n) is 6.74. The van der Waals surface area contributed by atoms with Gasteiger partial charge in [-0.05, 0) is 59.9 Å². The average Bonchev–Trinajstić information content (AvgIpc) is 2.91.